The van der Waals surface area contributed by atoms with Crippen molar-refractivity contribution in [2.45, 2.75) is 45.7 Å². The molecule has 0 fully saturated rings. The van der Waals surface area contributed by atoms with Crippen LogP contribution < -0.4 is 15.4 Å². The van der Waals surface area contributed by atoms with Gasteiger partial charge in [0.05, 0.1) is 12.3 Å². The van der Waals surface area contributed by atoms with Crippen molar-refractivity contribution in [2.24, 2.45) is 0 Å². The van der Waals surface area contributed by atoms with Crippen molar-refractivity contribution >= 4 is 11.4 Å². The molecule has 0 saturated heterocycles. The average molecular weight is 312 g/mol. The largest absolute Gasteiger partial charge is 0.491 e. The fourth-order valence-corrected chi connectivity index (χ4v) is 2.34. The molecule has 0 aromatic heterocycles. The lowest BCUT2D eigenvalue weighted by atomic mass is 10.1. The van der Waals surface area contributed by atoms with Crippen LogP contribution in [-0.2, 0) is 0 Å². The smallest absolute Gasteiger partial charge is 0.142 e. The number of hydrogen-bond acceptors (Lipinski definition) is 3. The van der Waals surface area contributed by atoms with E-state index in [4.69, 9.17) is 4.74 Å². The highest BCUT2D eigenvalue weighted by Crippen LogP contribution is 2.27. The number of hydrogen-bond donors (Lipinski definition) is 2. The molecule has 0 aliphatic rings. The minimum Gasteiger partial charge on any atom is -0.491 e. The second-order valence-corrected chi connectivity index (χ2v) is 6.92. The Bertz CT molecular complexity index is 590. The van der Waals surface area contributed by atoms with Gasteiger partial charge in [0.25, 0.3) is 0 Å². The number of para-hydroxylation sites is 3. The molecule has 2 N–H and O–H groups in total. The zero-order valence-electron chi connectivity index (χ0n) is 14.6. The summed E-state index contributed by atoms with van der Waals surface area (Å²) in [5.41, 5.74) is 2.21. The number of anilines is 2. The van der Waals surface area contributed by atoms with Crippen LogP contribution in [0.5, 0.6) is 5.75 Å². The van der Waals surface area contributed by atoms with Crippen molar-refractivity contribution in [1.82, 2.24) is 0 Å². The maximum absolute atomic E-state index is 5.99. The topological polar surface area (TPSA) is 33.3 Å². The minimum absolute atomic E-state index is 0.0155. The third-order valence-electron chi connectivity index (χ3n) is 3.39. The number of nitrogens with one attached hydrogen (secondary N) is 2. The maximum Gasteiger partial charge on any atom is 0.142 e. The van der Waals surface area contributed by atoms with Gasteiger partial charge in [-0.3, -0.25) is 0 Å². The number of benzene rings is 2. The summed E-state index contributed by atoms with van der Waals surface area (Å²) in [7, 11) is 0. The molecule has 23 heavy (non-hydrogen) atoms. The summed E-state index contributed by atoms with van der Waals surface area (Å²) in [6, 6.07) is 18.8. The fraction of sp³-hybridized carbons (Fsp3) is 0.400. The molecule has 0 bridgehead atoms. The highest BCUT2D eigenvalue weighted by molar-refractivity contribution is 5.57. The van der Waals surface area contributed by atoms with Gasteiger partial charge >= 0.3 is 0 Å². The van der Waals surface area contributed by atoms with Crippen molar-refractivity contribution in [2.75, 3.05) is 17.2 Å². The van der Waals surface area contributed by atoms with Crippen LogP contribution in [0.3, 0.4) is 0 Å². The van der Waals surface area contributed by atoms with E-state index < -0.39 is 0 Å². The lowest BCUT2D eigenvalue weighted by Crippen LogP contribution is -2.26. The molecular weight excluding hydrogens is 284 g/mol. The number of rotatable bonds is 7. The lowest BCUT2D eigenvalue weighted by molar-refractivity contribution is 0.305. The predicted octanol–water partition coefficient (Wildman–Crippen LogP) is 5.17. The molecule has 0 aliphatic carbocycles. The van der Waals surface area contributed by atoms with Gasteiger partial charge in [0.2, 0.25) is 0 Å². The quantitative estimate of drug-likeness (QED) is 0.740. The monoisotopic (exact) mass is 312 g/mol. The molecular formula is C20H28N2O. The van der Waals surface area contributed by atoms with Gasteiger partial charge in [0.15, 0.2) is 0 Å². The Kier molecular flexibility index (Phi) is 5.91. The molecule has 2 aromatic rings. The summed E-state index contributed by atoms with van der Waals surface area (Å²) in [5.74, 6) is 0.911. The van der Waals surface area contributed by atoms with E-state index >= 15 is 0 Å². The van der Waals surface area contributed by atoms with Crippen LogP contribution in [0, 0.1) is 0 Å². The Morgan fingerprint density at radius 1 is 0.957 bits per heavy atom. The summed E-state index contributed by atoms with van der Waals surface area (Å²) >= 11 is 0. The zero-order chi connectivity index (χ0) is 16.7. The molecule has 0 heterocycles. The molecule has 0 amide bonds. The molecule has 0 spiro atoms. The van der Waals surface area contributed by atoms with E-state index in [1.807, 2.05) is 36.4 Å². The van der Waals surface area contributed by atoms with Gasteiger partial charge in [-0.05, 0) is 52.0 Å². The summed E-state index contributed by atoms with van der Waals surface area (Å²) in [5, 5.41) is 6.97. The molecule has 1 atom stereocenters. The van der Waals surface area contributed by atoms with Crippen LogP contribution in [0.1, 0.15) is 34.1 Å². The van der Waals surface area contributed by atoms with Gasteiger partial charge in [-0.25, -0.2) is 0 Å². The average Bonchev–Trinajstić information content (AvgIpc) is 2.48. The fourth-order valence-electron chi connectivity index (χ4n) is 2.34. The van der Waals surface area contributed by atoms with Gasteiger partial charge in [0.1, 0.15) is 5.75 Å². The van der Waals surface area contributed by atoms with E-state index in [1.165, 1.54) is 0 Å². The Morgan fingerprint density at radius 3 is 2.30 bits per heavy atom. The molecule has 0 aliphatic heterocycles. The molecule has 0 radical (unpaired) electrons. The Labute approximate surface area is 140 Å². The highest BCUT2D eigenvalue weighted by atomic mass is 16.5. The van der Waals surface area contributed by atoms with E-state index in [9.17, 15) is 0 Å². The normalized spacial score (nSPS) is 12.5. The first-order valence-corrected chi connectivity index (χ1v) is 8.26. The third kappa shape index (κ3) is 6.23. The van der Waals surface area contributed by atoms with E-state index in [0.717, 1.165) is 23.5 Å². The van der Waals surface area contributed by atoms with Gasteiger partial charge in [-0.1, -0.05) is 30.3 Å². The minimum atomic E-state index is 0.0155. The highest BCUT2D eigenvalue weighted by Gasteiger charge is 2.12. The standard InChI is InChI=1S/C20H28N2O/c1-16(21-17-10-6-5-7-11-17)14-15-23-19-13-9-8-12-18(19)22-20(2,3)4/h5-13,16,21-22H,14-15H2,1-4H3. The Balaban J connectivity index is 1.84. The lowest BCUT2D eigenvalue weighted by Gasteiger charge is -2.24. The summed E-state index contributed by atoms with van der Waals surface area (Å²) in [4.78, 5) is 0. The van der Waals surface area contributed by atoms with Gasteiger partial charge in [-0.15, -0.1) is 0 Å². The maximum atomic E-state index is 5.99. The summed E-state index contributed by atoms with van der Waals surface area (Å²) in [6.45, 7) is 9.31. The first kappa shape index (κ1) is 17.2. The van der Waals surface area contributed by atoms with Crippen LogP contribution in [-0.4, -0.2) is 18.2 Å². The first-order valence-electron chi connectivity index (χ1n) is 8.26. The summed E-state index contributed by atoms with van der Waals surface area (Å²) in [6.07, 6.45) is 0.943. The van der Waals surface area contributed by atoms with Crippen LogP contribution in [0.25, 0.3) is 0 Å². The molecule has 1 unspecified atom stereocenters. The molecule has 3 heteroatoms. The van der Waals surface area contributed by atoms with Crippen molar-refractivity contribution in [3.05, 3.63) is 54.6 Å². The molecule has 124 valence electrons. The van der Waals surface area contributed by atoms with Crippen molar-refractivity contribution in [3.8, 4) is 5.75 Å². The van der Waals surface area contributed by atoms with Crippen LogP contribution >= 0.6 is 0 Å². The van der Waals surface area contributed by atoms with Crippen LogP contribution in [0.4, 0.5) is 11.4 Å². The predicted molar refractivity (Wildman–Crippen MR) is 99.5 cm³/mol. The van der Waals surface area contributed by atoms with E-state index in [-0.39, 0.29) is 5.54 Å². The molecule has 2 rings (SSSR count). The van der Waals surface area contributed by atoms with E-state index in [0.29, 0.717) is 12.6 Å². The molecule has 2 aromatic carbocycles. The first-order chi connectivity index (χ1) is 10.9. The Morgan fingerprint density at radius 2 is 1.61 bits per heavy atom. The van der Waals surface area contributed by atoms with Crippen LogP contribution in [0.15, 0.2) is 54.6 Å². The molecule has 0 saturated carbocycles. The zero-order valence-corrected chi connectivity index (χ0v) is 14.6. The second kappa shape index (κ2) is 7.91. The van der Waals surface area contributed by atoms with Gasteiger partial charge in [0, 0.05) is 23.7 Å². The van der Waals surface area contributed by atoms with Crippen molar-refractivity contribution < 1.29 is 4.74 Å². The van der Waals surface area contributed by atoms with Gasteiger partial charge < -0.3 is 15.4 Å². The molecule has 3 nitrogen and oxygen atoms in total. The van der Waals surface area contributed by atoms with Crippen LogP contribution in [0.2, 0.25) is 0 Å². The van der Waals surface area contributed by atoms with Crippen molar-refractivity contribution in [3.63, 3.8) is 0 Å². The van der Waals surface area contributed by atoms with Crippen molar-refractivity contribution in [1.29, 1.82) is 0 Å². The number of ether oxygens (including phenoxy) is 1. The third-order valence-corrected chi connectivity index (χ3v) is 3.39. The summed E-state index contributed by atoms with van der Waals surface area (Å²) < 4.78 is 5.99. The SMILES string of the molecule is CC(CCOc1ccccc1NC(C)(C)C)Nc1ccccc1. The van der Waals surface area contributed by atoms with Gasteiger partial charge in [-0.2, -0.15) is 0 Å². The van der Waals surface area contributed by atoms with E-state index in [1.54, 1.807) is 0 Å². The van der Waals surface area contributed by atoms with E-state index in [2.05, 4.69) is 56.5 Å². The second-order valence-electron chi connectivity index (χ2n) is 6.92. The Hall–Kier alpha value is -2.16.